The number of rotatable bonds is 7. The fourth-order valence-corrected chi connectivity index (χ4v) is 3.47. The second kappa shape index (κ2) is 8.94. The molecule has 1 aliphatic rings. The number of aryl methyl sites for hydroxylation is 1. The van der Waals surface area contributed by atoms with Gasteiger partial charge in [0.25, 0.3) is 0 Å². The van der Waals surface area contributed by atoms with Gasteiger partial charge in [0.2, 0.25) is 11.8 Å². The maximum atomic E-state index is 13.2. The van der Waals surface area contributed by atoms with Gasteiger partial charge < -0.3 is 19.7 Å². The predicted octanol–water partition coefficient (Wildman–Crippen LogP) is 3.18. The summed E-state index contributed by atoms with van der Waals surface area (Å²) in [5.41, 5.74) is 2.23. The van der Waals surface area contributed by atoms with Crippen molar-refractivity contribution in [3.63, 3.8) is 0 Å². The number of benzene rings is 2. The molecule has 7 heteroatoms. The van der Waals surface area contributed by atoms with Crippen LogP contribution in [-0.4, -0.2) is 44.0 Å². The first-order valence-electron chi connectivity index (χ1n) is 9.47. The van der Waals surface area contributed by atoms with E-state index in [1.807, 2.05) is 18.2 Å². The Morgan fingerprint density at radius 1 is 1.17 bits per heavy atom. The second-order valence-corrected chi connectivity index (χ2v) is 7.13. The van der Waals surface area contributed by atoms with Crippen molar-refractivity contribution < 1.29 is 23.5 Å². The van der Waals surface area contributed by atoms with Crippen LogP contribution in [0.25, 0.3) is 0 Å². The van der Waals surface area contributed by atoms with E-state index in [1.54, 1.807) is 26.0 Å². The van der Waals surface area contributed by atoms with Gasteiger partial charge in [-0.25, -0.2) is 4.39 Å². The number of likely N-dealkylation sites (tertiary alicyclic amines) is 1. The monoisotopic (exact) mass is 400 g/mol. The van der Waals surface area contributed by atoms with Gasteiger partial charge in [-0.3, -0.25) is 9.59 Å². The van der Waals surface area contributed by atoms with Crippen LogP contribution in [-0.2, 0) is 16.0 Å². The zero-order chi connectivity index (χ0) is 21.0. The molecule has 1 N–H and O–H groups in total. The Balaban J connectivity index is 1.58. The summed E-state index contributed by atoms with van der Waals surface area (Å²) in [6.07, 6.45) is 0.829. The number of halogens is 1. The van der Waals surface area contributed by atoms with E-state index >= 15 is 0 Å². The molecule has 0 saturated carbocycles. The molecule has 0 unspecified atom stereocenters. The zero-order valence-corrected chi connectivity index (χ0v) is 16.8. The molecule has 1 aliphatic heterocycles. The van der Waals surface area contributed by atoms with Crippen molar-refractivity contribution in [3.05, 3.63) is 53.3 Å². The average Bonchev–Trinajstić information content (AvgIpc) is 3.09. The van der Waals surface area contributed by atoms with Gasteiger partial charge in [0.1, 0.15) is 5.82 Å². The van der Waals surface area contributed by atoms with Crippen LogP contribution in [0.4, 0.5) is 10.1 Å². The van der Waals surface area contributed by atoms with E-state index in [-0.39, 0.29) is 24.1 Å². The lowest BCUT2D eigenvalue weighted by Gasteiger charge is -2.17. The Kier molecular flexibility index (Phi) is 6.36. The fraction of sp³-hybridized carbons (Fsp3) is 0.364. The molecular weight excluding hydrogens is 375 g/mol. The van der Waals surface area contributed by atoms with Crippen molar-refractivity contribution in [2.45, 2.75) is 19.8 Å². The maximum Gasteiger partial charge on any atom is 0.229 e. The van der Waals surface area contributed by atoms with Gasteiger partial charge in [-0.15, -0.1) is 0 Å². The van der Waals surface area contributed by atoms with Crippen molar-refractivity contribution in [2.24, 2.45) is 5.92 Å². The summed E-state index contributed by atoms with van der Waals surface area (Å²) in [4.78, 5) is 26.6. The number of ether oxygens (including phenoxy) is 2. The van der Waals surface area contributed by atoms with E-state index in [0.717, 1.165) is 5.56 Å². The summed E-state index contributed by atoms with van der Waals surface area (Å²) in [6, 6.07) is 9.86. The van der Waals surface area contributed by atoms with E-state index in [1.165, 1.54) is 18.2 Å². The first-order valence-corrected chi connectivity index (χ1v) is 9.47. The molecule has 1 heterocycles. The Morgan fingerprint density at radius 3 is 2.62 bits per heavy atom. The van der Waals surface area contributed by atoms with Crippen LogP contribution < -0.4 is 14.8 Å². The Morgan fingerprint density at radius 2 is 1.93 bits per heavy atom. The van der Waals surface area contributed by atoms with Gasteiger partial charge in [0, 0.05) is 25.2 Å². The van der Waals surface area contributed by atoms with Crippen LogP contribution in [0.15, 0.2) is 36.4 Å². The molecule has 0 bridgehead atoms. The van der Waals surface area contributed by atoms with E-state index in [2.05, 4.69) is 5.32 Å². The van der Waals surface area contributed by atoms with Crippen LogP contribution in [0.3, 0.4) is 0 Å². The Hall–Kier alpha value is -3.09. The molecule has 29 heavy (non-hydrogen) atoms. The zero-order valence-electron chi connectivity index (χ0n) is 16.8. The largest absolute Gasteiger partial charge is 0.493 e. The highest BCUT2D eigenvalue weighted by molar-refractivity contribution is 5.97. The number of hydrogen-bond donors (Lipinski definition) is 1. The number of nitrogens with one attached hydrogen (secondary N) is 1. The first kappa shape index (κ1) is 20.6. The number of nitrogens with zero attached hydrogens (tertiary/aromatic N) is 1. The third kappa shape index (κ3) is 4.85. The second-order valence-electron chi connectivity index (χ2n) is 7.13. The Bertz CT molecular complexity index is 916. The molecule has 1 saturated heterocycles. The third-order valence-corrected chi connectivity index (χ3v) is 5.15. The van der Waals surface area contributed by atoms with Crippen molar-refractivity contribution in [2.75, 3.05) is 32.6 Å². The quantitative estimate of drug-likeness (QED) is 0.775. The number of anilines is 1. The fourth-order valence-electron chi connectivity index (χ4n) is 3.47. The number of carbonyl (C=O) groups excluding carboxylic acids is 2. The topological polar surface area (TPSA) is 67.9 Å². The minimum atomic E-state index is -0.419. The van der Waals surface area contributed by atoms with Gasteiger partial charge in [0.05, 0.1) is 20.1 Å². The number of carbonyl (C=O) groups is 2. The van der Waals surface area contributed by atoms with Crippen LogP contribution in [0, 0.1) is 18.7 Å². The van der Waals surface area contributed by atoms with Crippen molar-refractivity contribution in [1.29, 1.82) is 0 Å². The SMILES string of the molecule is COc1ccc(CCN2C[C@@H](C(=O)Nc3ccc(F)cc3C)CC2=O)cc1OC. The summed E-state index contributed by atoms with van der Waals surface area (Å²) in [5.74, 6) is 0.268. The number of methoxy groups -OCH3 is 2. The number of hydrogen-bond acceptors (Lipinski definition) is 4. The molecule has 3 rings (SSSR count). The summed E-state index contributed by atoms with van der Waals surface area (Å²) in [6.45, 7) is 2.62. The molecule has 2 aromatic carbocycles. The van der Waals surface area contributed by atoms with Crippen molar-refractivity contribution >= 4 is 17.5 Å². The summed E-state index contributed by atoms with van der Waals surface area (Å²) < 4.78 is 23.8. The summed E-state index contributed by atoms with van der Waals surface area (Å²) in [5, 5.41) is 2.81. The van der Waals surface area contributed by atoms with Gasteiger partial charge in [0.15, 0.2) is 11.5 Å². The van der Waals surface area contributed by atoms with E-state index in [0.29, 0.717) is 42.3 Å². The molecule has 0 spiro atoms. The van der Waals surface area contributed by atoms with Crippen LogP contribution in [0.5, 0.6) is 11.5 Å². The summed E-state index contributed by atoms with van der Waals surface area (Å²) >= 11 is 0. The smallest absolute Gasteiger partial charge is 0.229 e. The molecule has 2 aromatic rings. The molecule has 2 amide bonds. The normalized spacial score (nSPS) is 16.1. The van der Waals surface area contributed by atoms with Crippen LogP contribution in [0.1, 0.15) is 17.5 Å². The lowest BCUT2D eigenvalue weighted by Crippen LogP contribution is -2.30. The third-order valence-electron chi connectivity index (χ3n) is 5.15. The molecule has 0 aliphatic carbocycles. The van der Waals surface area contributed by atoms with E-state index in [9.17, 15) is 14.0 Å². The average molecular weight is 400 g/mol. The first-order chi connectivity index (χ1) is 13.9. The Labute approximate surface area is 169 Å². The lowest BCUT2D eigenvalue weighted by atomic mass is 10.1. The van der Waals surface area contributed by atoms with Gasteiger partial charge in [-0.05, 0) is 54.8 Å². The van der Waals surface area contributed by atoms with Crippen LogP contribution >= 0.6 is 0 Å². The lowest BCUT2D eigenvalue weighted by molar-refractivity contribution is -0.128. The molecule has 0 radical (unpaired) electrons. The van der Waals surface area contributed by atoms with Crippen LogP contribution in [0.2, 0.25) is 0 Å². The molecule has 0 aromatic heterocycles. The molecule has 154 valence electrons. The molecular formula is C22H25FN2O4. The highest BCUT2D eigenvalue weighted by atomic mass is 19.1. The predicted molar refractivity (Wildman–Crippen MR) is 108 cm³/mol. The maximum absolute atomic E-state index is 13.2. The molecule has 1 fully saturated rings. The van der Waals surface area contributed by atoms with Gasteiger partial charge in [-0.1, -0.05) is 6.07 Å². The van der Waals surface area contributed by atoms with Crippen molar-refractivity contribution in [1.82, 2.24) is 4.90 Å². The van der Waals surface area contributed by atoms with Gasteiger partial charge >= 0.3 is 0 Å². The standard InChI is InChI=1S/C22H25FN2O4/c1-14-10-17(23)5-6-18(14)24-22(27)16-12-21(26)25(13-16)9-8-15-4-7-19(28-2)20(11-15)29-3/h4-7,10-11,16H,8-9,12-13H2,1-3H3,(H,24,27)/t16-/m0/s1. The van der Waals surface area contributed by atoms with Crippen molar-refractivity contribution in [3.8, 4) is 11.5 Å². The van der Waals surface area contributed by atoms with Gasteiger partial charge in [-0.2, -0.15) is 0 Å². The van der Waals surface area contributed by atoms with E-state index in [4.69, 9.17) is 9.47 Å². The highest BCUT2D eigenvalue weighted by Gasteiger charge is 2.34. The minimum absolute atomic E-state index is 0.0403. The number of amides is 2. The van der Waals surface area contributed by atoms with E-state index < -0.39 is 5.92 Å². The molecule has 6 nitrogen and oxygen atoms in total. The highest BCUT2D eigenvalue weighted by Crippen LogP contribution is 2.28. The molecule has 1 atom stereocenters. The summed E-state index contributed by atoms with van der Waals surface area (Å²) in [7, 11) is 3.16. The minimum Gasteiger partial charge on any atom is -0.493 e.